The molecule has 0 spiro atoms. The second kappa shape index (κ2) is 7.35. The van der Waals surface area contributed by atoms with Crippen molar-refractivity contribution in [2.75, 3.05) is 0 Å². The van der Waals surface area contributed by atoms with E-state index in [9.17, 15) is 9.90 Å². The maximum absolute atomic E-state index is 11.9. The Morgan fingerprint density at radius 1 is 1.28 bits per heavy atom. The van der Waals surface area contributed by atoms with Gasteiger partial charge in [-0.1, -0.05) is 56.3 Å². The minimum absolute atomic E-state index is 0.357. The van der Waals surface area contributed by atoms with Crippen LogP contribution in [-0.2, 0) is 10.2 Å². The van der Waals surface area contributed by atoms with Crippen molar-refractivity contribution >= 4 is 5.97 Å². The molecule has 2 heteroatoms. The summed E-state index contributed by atoms with van der Waals surface area (Å²) in [6.45, 7) is 4.11. The Hall–Kier alpha value is -1.57. The lowest BCUT2D eigenvalue weighted by molar-refractivity contribution is -0.144. The third-order valence-electron chi connectivity index (χ3n) is 7.06. The summed E-state index contributed by atoms with van der Waals surface area (Å²) in [6, 6.07) is 10.2. The zero-order chi connectivity index (χ0) is 17.9. The zero-order valence-corrected chi connectivity index (χ0v) is 15.7. The van der Waals surface area contributed by atoms with Gasteiger partial charge in [-0.25, -0.2) is 0 Å². The van der Waals surface area contributed by atoms with Crippen molar-refractivity contribution in [3.63, 3.8) is 0 Å². The van der Waals surface area contributed by atoms with Crippen molar-refractivity contribution in [3.05, 3.63) is 48.0 Å². The van der Waals surface area contributed by atoms with Crippen LogP contribution in [0.1, 0.15) is 70.8 Å². The largest absolute Gasteiger partial charge is 0.481 e. The summed E-state index contributed by atoms with van der Waals surface area (Å²) in [7, 11) is 0. The van der Waals surface area contributed by atoms with E-state index in [1.54, 1.807) is 0 Å². The molecule has 1 aromatic rings. The normalized spacial score (nSPS) is 29.0. The second-order valence-corrected chi connectivity index (χ2v) is 8.61. The topological polar surface area (TPSA) is 37.3 Å². The number of carboxylic acid groups (broad SMARTS) is 1. The van der Waals surface area contributed by atoms with Gasteiger partial charge in [-0.05, 0) is 68.3 Å². The summed E-state index contributed by atoms with van der Waals surface area (Å²) in [6.07, 6.45) is 14.3. The molecule has 2 bridgehead atoms. The van der Waals surface area contributed by atoms with Gasteiger partial charge in [0.05, 0.1) is 5.92 Å². The Morgan fingerprint density at radius 3 is 2.48 bits per heavy atom. The Morgan fingerprint density at radius 2 is 1.96 bits per heavy atom. The van der Waals surface area contributed by atoms with Gasteiger partial charge in [-0.2, -0.15) is 0 Å². The number of carbonyl (C=O) groups is 1. The fraction of sp³-hybridized carbons (Fsp3) is 0.609. The predicted octanol–water partition coefficient (Wildman–Crippen LogP) is 5.97. The summed E-state index contributed by atoms with van der Waals surface area (Å²) in [5, 5.41) is 9.76. The Kier molecular flexibility index (Phi) is 5.36. The van der Waals surface area contributed by atoms with Gasteiger partial charge < -0.3 is 5.11 Å². The molecule has 2 atom stereocenters. The van der Waals surface area contributed by atoms with E-state index < -0.39 is 5.97 Å². The number of carboxylic acids is 1. The molecule has 0 amide bonds. The number of rotatable bonds is 8. The lowest BCUT2D eigenvalue weighted by Gasteiger charge is -2.35. The third kappa shape index (κ3) is 3.68. The molecule has 2 fully saturated rings. The van der Waals surface area contributed by atoms with E-state index in [0.717, 1.165) is 17.9 Å². The first kappa shape index (κ1) is 18.2. The van der Waals surface area contributed by atoms with Crippen LogP contribution in [0.5, 0.6) is 0 Å². The van der Waals surface area contributed by atoms with Crippen molar-refractivity contribution < 1.29 is 9.90 Å². The van der Waals surface area contributed by atoms with Crippen LogP contribution in [0.4, 0.5) is 0 Å². The van der Waals surface area contributed by atoms with Crippen molar-refractivity contribution in [3.8, 4) is 0 Å². The van der Waals surface area contributed by atoms with Crippen LogP contribution in [0, 0.1) is 17.3 Å². The smallest absolute Gasteiger partial charge is 0.307 e. The van der Waals surface area contributed by atoms with E-state index in [0.29, 0.717) is 11.8 Å². The van der Waals surface area contributed by atoms with E-state index in [1.165, 1.54) is 38.5 Å². The molecule has 1 aromatic carbocycles. The first-order valence-corrected chi connectivity index (χ1v) is 9.92. The van der Waals surface area contributed by atoms with E-state index >= 15 is 0 Å². The van der Waals surface area contributed by atoms with Crippen LogP contribution in [0.25, 0.3) is 0 Å². The standard InChI is InChI=1S/C23H32O2/c1-3-20(21(24)25)22(2,19-9-5-4-6-10-19)13-7-8-14-23-15-11-18(17-23)12-16-23/h4-10,18,20H,3,11-17H2,1-2H3,(H,24,25). The molecule has 2 aliphatic rings. The first-order valence-electron chi connectivity index (χ1n) is 9.92. The lowest BCUT2D eigenvalue weighted by Crippen LogP contribution is -2.36. The van der Waals surface area contributed by atoms with Crippen LogP contribution in [0.3, 0.4) is 0 Å². The number of fused-ring (bicyclic) bond motifs is 2. The summed E-state index contributed by atoms with van der Waals surface area (Å²) in [5.74, 6) is -0.0604. The quantitative estimate of drug-likeness (QED) is 0.592. The molecule has 0 aromatic heterocycles. The monoisotopic (exact) mass is 340 g/mol. The summed E-state index contributed by atoms with van der Waals surface area (Å²) in [4.78, 5) is 11.9. The SMILES string of the molecule is CCC(C(=O)O)C(C)(CC=CCC12CCC(CC1)C2)c1ccccc1. The Balaban J connectivity index is 1.73. The highest BCUT2D eigenvalue weighted by atomic mass is 16.4. The molecule has 2 unspecified atom stereocenters. The van der Waals surface area contributed by atoms with Crippen molar-refractivity contribution in [2.24, 2.45) is 17.3 Å². The summed E-state index contributed by atoms with van der Waals surface area (Å²) >= 11 is 0. The number of hydrogen-bond acceptors (Lipinski definition) is 1. The lowest BCUT2D eigenvalue weighted by atomic mass is 9.68. The van der Waals surface area contributed by atoms with E-state index in [4.69, 9.17) is 0 Å². The van der Waals surface area contributed by atoms with Gasteiger partial charge in [0.2, 0.25) is 0 Å². The van der Waals surface area contributed by atoms with E-state index in [2.05, 4.69) is 31.2 Å². The third-order valence-corrected chi connectivity index (χ3v) is 7.06. The summed E-state index contributed by atoms with van der Waals surface area (Å²) < 4.78 is 0. The van der Waals surface area contributed by atoms with Gasteiger partial charge in [0.25, 0.3) is 0 Å². The molecule has 25 heavy (non-hydrogen) atoms. The van der Waals surface area contributed by atoms with Crippen molar-refractivity contribution in [1.29, 1.82) is 0 Å². The molecule has 0 saturated heterocycles. The predicted molar refractivity (Wildman–Crippen MR) is 103 cm³/mol. The maximum Gasteiger partial charge on any atom is 0.307 e. The van der Waals surface area contributed by atoms with E-state index in [-0.39, 0.29) is 11.3 Å². The molecule has 2 saturated carbocycles. The Labute approximate surface area is 152 Å². The van der Waals surface area contributed by atoms with Crippen molar-refractivity contribution in [2.45, 2.75) is 70.6 Å². The number of aliphatic carboxylic acids is 1. The van der Waals surface area contributed by atoms with Gasteiger partial charge in [-0.15, -0.1) is 0 Å². The van der Waals surface area contributed by atoms with Gasteiger partial charge in [0, 0.05) is 5.41 Å². The van der Waals surface area contributed by atoms with E-state index in [1.807, 2.05) is 25.1 Å². The van der Waals surface area contributed by atoms with Gasteiger partial charge in [0.15, 0.2) is 0 Å². The molecule has 0 radical (unpaired) electrons. The van der Waals surface area contributed by atoms with Gasteiger partial charge in [0.1, 0.15) is 0 Å². The molecular formula is C23H32O2. The zero-order valence-electron chi connectivity index (χ0n) is 15.7. The fourth-order valence-electron chi connectivity index (χ4n) is 5.44. The summed E-state index contributed by atoms with van der Waals surface area (Å²) in [5.41, 5.74) is 1.35. The first-order chi connectivity index (χ1) is 12.0. The van der Waals surface area contributed by atoms with Crippen LogP contribution >= 0.6 is 0 Å². The average Bonchev–Trinajstić information content (AvgIpc) is 3.21. The van der Waals surface area contributed by atoms with Crippen molar-refractivity contribution in [1.82, 2.24) is 0 Å². The highest BCUT2D eigenvalue weighted by molar-refractivity contribution is 5.72. The molecule has 2 aliphatic carbocycles. The molecule has 2 nitrogen and oxygen atoms in total. The minimum atomic E-state index is -0.685. The average molecular weight is 341 g/mol. The minimum Gasteiger partial charge on any atom is -0.481 e. The van der Waals surface area contributed by atoms with Crippen LogP contribution in [0.2, 0.25) is 0 Å². The molecule has 0 heterocycles. The maximum atomic E-state index is 11.9. The Bertz CT molecular complexity index is 610. The van der Waals surface area contributed by atoms with Crippen LogP contribution < -0.4 is 0 Å². The highest BCUT2D eigenvalue weighted by Crippen LogP contribution is 2.56. The molecule has 1 N–H and O–H groups in total. The molecule has 3 rings (SSSR count). The molecule has 136 valence electrons. The second-order valence-electron chi connectivity index (χ2n) is 8.61. The van der Waals surface area contributed by atoms with Gasteiger partial charge in [-0.3, -0.25) is 4.79 Å². The van der Waals surface area contributed by atoms with Crippen LogP contribution in [-0.4, -0.2) is 11.1 Å². The molecular weight excluding hydrogens is 308 g/mol. The number of hydrogen-bond donors (Lipinski definition) is 1. The van der Waals surface area contributed by atoms with Crippen LogP contribution in [0.15, 0.2) is 42.5 Å². The number of benzene rings is 1. The fourth-order valence-corrected chi connectivity index (χ4v) is 5.44. The van der Waals surface area contributed by atoms with Gasteiger partial charge >= 0.3 is 5.97 Å². The molecule has 0 aliphatic heterocycles. The highest BCUT2D eigenvalue weighted by Gasteiger charge is 2.43. The number of allylic oxidation sites excluding steroid dienone is 2.